The molecule has 0 aliphatic heterocycles. The van der Waals surface area contributed by atoms with E-state index in [-0.39, 0.29) is 12.1 Å². The molecule has 3 rings (SSSR count). The molecular formula is C16H25N3O. The van der Waals surface area contributed by atoms with E-state index in [0.29, 0.717) is 0 Å². The van der Waals surface area contributed by atoms with Crippen molar-refractivity contribution in [1.82, 2.24) is 9.97 Å². The highest BCUT2D eigenvalue weighted by Crippen LogP contribution is 2.30. The summed E-state index contributed by atoms with van der Waals surface area (Å²) in [6.45, 7) is 0. The van der Waals surface area contributed by atoms with Gasteiger partial charge in [-0.3, -0.25) is 0 Å². The predicted octanol–water partition coefficient (Wildman–Crippen LogP) is 2.49. The van der Waals surface area contributed by atoms with Crippen LogP contribution >= 0.6 is 0 Å². The molecule has 2 atom stereocenters. The first-order chi connectivity index (χ1) is 9.77. The van der Waals surface area contributed by atoms with Crippen molar-refractivity contribution in [3.63, 3.8) is 0 Å². The average molecular weight is 275 g/mol. The number of aromatic nitrogens is 2. The Kier molecular flexibility index (Phi) is 4.20. The van der Waals surface area contributed by atoms with Crippen LogP contribution in [0.3, 0.4) is 0 Å². The molecule has 1 fully saturated rings. The number of hydrogen-bond acceptors (Lipinski definition) is 4. The first-order valence-corrected chi connectivity index (χ1v) is 8.01. The van der Waals surface area contributed by atoms with Gasteiger partial charge >= 0.3 is 0 Å². The largest absolute Gasteiger partial charge is 0.391 e. The van der Waals surface area contributed by atoms with Gasteiger partial charge in [0.25, 0.3) is 0 Å². The number of hydrogen-bond donors (Lipinski definition) is 1. The van der Waals surface area contributed by atoms with Crippen molar-refractivity contribution in [1.29, 1.82) is 0 Å². The molecule has 4 nitrogen and oxygen atoms in total. The van der Waals surface area contributed by atoms with Crippen LogP contribution in [0.4, 0.5) is 5.82 Å². The summed E-state index contributed by atoms with van der Waals surface area (Å²) in [7, 11) is 2.09. The first-order valence-electron chi connectivity index (χ1n) is 8.01. The number of aryl methyl sites for hydroxylation is 1. The first kappa shape index (κ1) is 13.8. The van der Waals surface area contributed by atoms with Gasteiger partial charge in [-0.2, -0.15) is 0 Å². The van der Waals surface area contributed by atoms with Gasteiger partial charge in [0, 0.05) is 18.3 Å². The van der Waals surface area contributed by atoms with Crippen LogP contribution in [0.1, 0.15) is 56.2 Å². The molecule has 0 radical (unpaired) electrons. The van der Waals surface area contributed by atoms with E-state index in [1.54, 1.807) is 6.33 Å². The molecule has 1 aromatic rings. The number of anilines is 1. The molecule has 2 aliphatic rings. The third-order valence-corrected chi connectivity index (χ3v) is 4.88. The quantitative estimate of drug-likeness (QED) is 0.842. The second-order valence-corrected chi connectivity index (χ2v) is 6.21. The normalized spacial score (nSPS) is 26.7. The van der Waals surface area contributed by atoms with Gasteiger partial charge in [-0.25, -0.2) is 9.97 Å². The zero-order valence-corrected chi connectivity index (χ0v) is 12.4. The Balaban J connectivity index is 1.89. The SMILES string of the molecule is CN(c1ncnc2c1CCCCC2)C1CCCCC1O. The van der Waals surface area contributed by atoms with E-state index in [9.17, 15) is 5.11 Å². The Hall–Kier alpha value is -1.16. The number of likely N-dealkylation sites (N-methyl/N-ethyl adjacent to an activating group) is 1. The van der Waals surface area contributed by atoms with Crippen molar-refractivity contribution in [2.45, 2.75) is 69.9 Å². The lowest BCUT2D eigenvalue weighted by Gasteiger charge is -2.36. The predicted molar refractivity (Wildman–Crippen MR) is 80.0 cm³/mol. The maximum Gasteiger partial charge on any atom is 0.135 e. The molecule has 2 unspecified atom stereocenters. The lowest BCUT2D eigenvalue weighted by Crippen LogP contribution is -2.44. The van der Waals surface area contributed by atoms with Crippen LogP contribution < -0.4 is 4.90 Å². The molecule has 0 aromatic carbocycles. The maximum atomic E-state index is 10.3. The van der Waals surface area contributed by atoms with Crippen molar-refractivity contribution < 1.29 is 5.11 Å². The van der Waals surface area contributed by atoms with Crippen molar-refractivity contribution in [2.24, 2.45) is 0 Å². The molecule has 4 heteroatoms. The standard InChI is InChI=1S/C16H25N3O/c1-19(14-9-5-6-10-15(14)20)16-12-7-3-2-4-8-13(12)17-11-18-16/h11,14-15,20H,2-10H2,1H3. The molecule has 1 heterocycles. The van der Waals surface area contributed by atoms with Crippen LogP contribution in [0.25, 0.3) is 0 Å². The summed E-state index contributed by atoms with van der Waals surface area (Å²) in [6.07, 6.45) is 11.7. The summed E-state index contributed by atoms with van der Waals surface area (Å²) in [6, 6.07) is 0.214. The summed E-state index contributed by atoms with van der Waals surface area (Å²) < 4.78 is 0. The van der Waals surface area contributed by atoms with Crippen molar-refractivity contribution in [3.05, 3.63) is 17.6 Å². The van der Waals surface area contributed by atoms with Gasteiger partial charge in [-0.15, -0.1) is 0 Å². The maximum absolute atomic E-state index is 10.3. The Morgan fingerprint density at radius 2 is 1.85 bits per heavy atom. The highest BCUT2D eigenvalue weighted by molar-refractivity contribution is 5.49. The summed E-state index contributed by atoms with van der Waals surface area (Å²) in [5.74, 6) is 1.06. The number of rotatable bonds is 2. The second-order valence-electron chi connectivity index (χ2n) is 6.21. The Morgan fingerprint density at radius 3 is 2.70 bits per heavy atom. The van der Waals surface area contributed by atoms with Gasteiger partial charge < -0.3 is 10.0 Å². The topological polar surface area (TPSA) is 49.2 Å². The van der Waals surface area contributed by atoms with E-state index in [1.807, 2.05) is 0 Å². The molecule has 110 valence electrons. The van der Waals surface area contributed by atoms with Crippen molar-refractivity contribution in [3.8, 4) is 0 Å². The fourth-order valence-corrected chi connectivity index (χ4v) is 3.69. The Labute approximate surface area is 121 Å². The van der Waals surface area contributed by atoms with Crippen LogP contribution in [-0.2, 0) is 12.8 Å². The lowest BCUT2D eigenvalue weighted by molar-refractivity contribution is 0.106. The van der Waals surface area contributed by atoms with E-state index in [2.05, 4.69) is 21.9 Å². The zero-order chi connectivity index (χ0) is 13.9. The molecule has 0 bridgehead atoms. The molecular weight excluding hydrogens is 250 g/mol. The Morgan fingerprint density at radius 1 is 1.05 bits per heavy atom. The van der Waals surface area contributed by atoms with Crippen molar-refractivity contribution >= 4 is 5.82 Å². The minimum Gasteiger partial charge on any atom is -0.391 e. The van der Waals surface area contributed by atoms with E-state index in [4.69, 9.17) is 0 Å². The smallest absolute Gasteiger partial charge is 0.135 e. The molecule has 0 amide bonds. The zero-order valence-electron chi connectivity index (χ0n) is 12.4. The van der Waals surface area contributed by atoms with E-state index < -0.39 is 0 Å². The molecule has 0 saturated heterocycles. The van der Waals surface area contributed by atoms with Gasteiger partial charge in [0.05, 0.1) is 12.1 Å². The average Bonchev–Trinajstić information content (AvgIpc) is 2.72. The number of fused-ring (bicyclic) bond motifs is 1. The third kappa shape index (κ3) is 2.66. The van der Waals surface area contributed by atoms with Crippen LogP contribution in [0, 0.1) is 0 Å². The van der Waals surface area contributed by atoms with E-state index in [0.717, 1.165) is 37.9 Å². The fraction of sp³-hybridized carbons (Fsp3) is 0.750. The van der Waals surface area contributed by atoms with Crippen LogP contribution in [0.5, 0.6) is 0 Å². The van der Waals surface area contributed by atoms with Crippen LogP contribution in [-0.4, -0.2) is 34.3 Å². The van der Waals surface area contributed by atoms with Gasteiger partial charge in [0.2, 0.25) is 0 Å². The molecule has 0 spiro atoms. The minimum atomic E-state index is -0.217. The lowest BCUT2D eigenvalue weighted by atomic mass is 9.91. The minimum absolute atomic E-state index is 0.214. The Bertz CT molecular complexity index is 463. The van der Waals surface area contributed by atoms with Gasteiger partial charge in [-0.05, 0) is 38.5 Å². The van der Waals surface area contributed by atoms with Crippen LogP contribution in [0.2, 0.25) is 0 Å². The monoisotopic (exact) mass is 275 g/mol. The van der Waals surface area contributed by atoms with Crippen LogP contribution in [0.15, 0.2) is 6.33 Å². The summed E-state index contributed by atoms with van der Waals surface area (Å²) >= 11 is 0. The second kappa shape index (κ2) is 6.08. The number of aliphatic hydroxyl groups excluding tert-OH is 1. The highest BCUT2D eigenvalue weighted by atomic mass is 16.3. The van der Waals surface area contributed by atoms with E-state index >= 15 is 0 Å². The summed E-state index contributed by atoms with van der Waals surface area (Å²) in [5, 5.41) is 10.3. The van der Waals surface area contributed by atoms with Crippen molar-refractivity contribution in [2.75, 3.05) is 11.9 Å². The number of nitrogens with zero attached hydrogens (tertiary/aromatic N) is 3. The molecule has 1 aromatic heterocycles. The highest BCUT2D eigenvalue weighted by Gasteiger charge is 2.29. The summed E-state index contributed by atoms with van der Waals surface area (Å²) in [5.41, 5.74) is 2.55. The third-order valence-electron chi connectivity index (χ3n) is 4.88. The fourth-order valence-electron chi connectivity index (χ4n) is 3.69. The number of aliphatic hydroxyl groups is 1. The van der Waals surface area contributed by atoms with Gasteiger partial charge in [0.15, 0.2) is 0 Å². The van der Waals surface area contributed by atoms with E-state index in [1.165, 1.54) is 36.9 Å². The molecule has 1 N–H and O–H groups in total. The summed E-state index contributed by atoms with van der Waals surface area (Å²) in [4.78, 5) is 11.3. The van der Waals surface area contributed by atoms with Gasteiger partial charge in [-0.1, -0.05) is 19.3 Å². The molecule has 1 saturated carbocycles. The molecule has 20 heavy (non-hydrogen) atoms. The van der Waals surface area contributed by atoms with Gasteiger partial charge in [0.1, 0.15) is 12.1 Å². The molecule has 2 aliphatic carbocycles.